The van der Waals surface area contributed by atoms with E-state index in [2.05, 4.69) is 5.32 Å². The van der Waals surface area contributed by atoms with Crippen LogP contribution in [0.25, 0.3) is 0 Å². The molecule has 0 aromatic heterocycles. The number of benzene rings is 3. The van der Waals surface area contributed by atoms with E-state index in [1.54, 1.807) is 66.7 Å². The Morgan fingerprint density at radius 3 is 2.27 bits per heavy atom. The van der Waals surface area contributed by atoms with Crippen molar-refractivity contribution in [1.82, 2.24) is 0 Å². The number of amides is 1. The van der Waals surface area contributed by atoms with E-state index in [1.807, 2.05) is 6.92 Å². The molecule has 0 heterocycles. The summed E-state index contributed by atoms with van der Waals surface area (Å²) in [4.78, 5) is 12.6. The first-order valence-corrected chi connectivity index (χ1v) is 11.6. The molecule has 0 bridgehead atoms. The molecule has 0 spiro atoms. The van der Waals surface area contributed by atoms with E-state index in [0.717, 1.165) is 11.8 Å². The third-order valence-electron chi connectivity index (χ3n) is 4.53. The fourth-order valence-corrected chi connectivity index (χ4v) is 4.22. The van der Waals surface area contributed by atoms with Crippen LogP contribution in [0.2, 0.25) is 10.0 Å². The summed E-state index contributed by atoms with van der Waals surface area (Å²) in [7, 11) is -3.56. The minimum absolute atomic E-state index is 0.0913. The number of nitrogens with one attached hydrogen (secondary N) is 1. The van der Waals surface area contributed by atoms with Crippen LogP contribution in [0.4, 0.5) is 11.4 Å². The number of anilines is 2. The molecule has 0 radical (unpaired) electrons. The Morgan fingerprint density at radius 1 is 1.00 bits per heavy atom. The minimum atomic E-state index is -3.56. The first-order chi connectivity index (χ1) is 14.1. The van der Waals surface area contributed by atoms with E-state index in [-0.39, 0.29) is 12.5 Å². The van der Waals surface area contributed by atoms with Crippen molar-refractivity contribution in [1.29, 1.82) is 0 Å². The van der Waals surface area contributed by atoms with Crippen LogP contribution in [0, 0.1) is 6.92 Å². The van der Waals surface area contributed by atoms with Crippen LogP contribution in [0.15, 0.2) is 66.7 Å². The third-order valence-corrected chi connectivity index (χ3v) is 6.27. The summed E-state index contributed by atoms with van der Waals surface area (Å²) < 4.78 is 26.0. The first-order valence-electron chi connectivity index (χ1n) is 9.04. The van der Waals surface area contributed by atoms with Gasteiger partial charge in [-0.3, -0.25) is 9.10 Å². The van der Waals surface area contributed by atoms with Gasteiger partial charge in [-0.2, -0.15) is 0 Å². The Bertz CT molecular complexity index is 1180. The lowest BCUT2D eigenvalue weighted by molar-refractivity contribution is 0.102. The van der Waals surface area contributed by atoms with Crippen LogP contribution in [0.3, 0.4) is 0 Å². The molecule has 0 aliphatic heterocycles. The van der Waals surface area contributed by atoms with Gasteiger partial charge in [-0.05, 0) is 66.6 Å². The Labute approximate surface area is 186 Å². The zero-order chi connectivity index (χ0) is 21.9. The van der Waals surface area contributed by atoms with Gasteiger partial charge < -0.3 is 5.32 Å². The smallest absolute Gasteiger partial charge is 0.255 e. The maximum absolute atomic E-state index is 12.6. The van der Waals surface area contributed by atoms with E-state index in [4.69, 9.17) is 23.2 Å². The number of nitrogens with zero attached hydrogens (tertiary/aromatic N) is 1. The van der Waals surface area contributed by atoms with E-state index in [0.29, 0.717) is 32.5 Å². The van der Waals surface area contributed by atoms with Crippen LogP contribution in [-0.4, -0.2) is 20.6 Å². The van der Waals surface area contributed by atoms with Crippen molar-refractivity contribution in [2.24, 2.45) is 0 Å². The fourth-order valence-electron chi connectivity index (χ4n) is 2.92. The molecule has 0 saturated carbocycles. The zero-order valence-electron chi connectivity index (χ0n) is 16.4. The normalized spacial score (nSPS) is 11.2. The van der Waals surface area contributed by atoms with Crippen LogP contribution in [0.5, 0.6) is 0 Å². The van der Waals surface area contributed by atoms with Crippen LogP contribution in [-0.2, 0) is 16.6 Å². The van der Waals surface area contributed by atoms with Crippen molar-refractivity contribution < 1.29 is 13.2 Å². The molecule has 0 aliphatic rings. The highest BCUT2D eigenvalue weighted by Crippen LogP contribution is 2.25. The average Bonchev–Trinajstić information content (AvgIpc) is 2.68. The second-order valence-corrected chi connectivity index (χ2v) is 9.57. The van der Waals surface area contributed by atoms with Crippen molar-refractivity contribution in [2.75, 3.05) is 15.9 Å². The predicted octanol–water partition coefficient (Wildman–Crippen LogP) is 5.52. The molecule has 1 amide bonds. The SMILES string of the molecule is Cc1cc(Cl)ccc1NC(=O)c1ccc(N(Cc2ccccc2Cl)S(C)(=O)=O)cc1. The van der Waals surface area contributed by atoms with Crippen molar-refractivity contribution >= 4 is 50.5 Å². The van der Waals surface area contributed by atoms with E-state index < -0.39 is 10.0 Å². The number of halogens is 2. The summed E-state index contributed by atoms with van der Waals surface area (Å²) in [5.74, 6) is -0.302. The van der Waals surface area contributed by atoms with Crippen molar-refractivity contribution in [3.05, 3.63) is 93.5 Å². The minimum Gasteiger partial charge on any atom is -0.322 e. The first kappa shape index (κ1) is 22.2. The molecular formula is C22H20Cl2N2O3S. The van der Waals surface area contributed by atoms with Gasteiger partial charge in [-0.25, -0.2) is 8.42 Å². The highest BCUT2D eigenvalue weighted by Gasteiger charge is 2.19. The predicted molar refractivity (Wildman–Crippen MR) is 123 cm³/mol. The average molecular weight is 463 g/mol. The summed E-state index contributed by atoms with van der Waals surface area (Å²) in [5, 5.41) is 3.91. The third kappa shape index (κ3) is 5.33. The number of rotatable bonds is 6. The Morgan fingerprint density at radius 2 is 1.67 bits per heavy atom. The molecule has 0 saturated heterocycles. The lowest BCUT2D eigenvalue weighted by Gasteiger charge is -2.23. The lowest BCUT2D eigenvalue weighted by Crippen LogP contribution is -2.29. The molecular weight excluding hydrogens is 443 g/mol. The van der Waals surface area contributed by atoms with Gasteiger partial charge in [-0.15, -0.1) is 0 Å². The monoisotopic (exact) mass is 462 g/mol. The highest BCUT2D eigenvalue weighted by molar-refractivity contribution is 7.92. The number of aryl methyl sites for hydroxylation is 1. The molecule has 3 aromatic carbocycles. The molecule has 0 aliphatic carbocycles. The van der Waals surface area contributed by atoms with E-state index in [1.165, 1.54) is 4.31 Å². The van der Waals surface area contributed by atoms with Gasteiger partial charge in [0.05, 0.1) is 18.5 Å². The van der Waals surface area contributed by atoms with E-state index >= 15 is 0 Å². The summed E-state index contributed by atoms with van der Waals surface area (Å²) in [6.45, 7) is 1.94. The maximum atomic E-state index is 12.6. The summed E-state index contributed by atoms with van der Waals surface area (Å²) in [5.41, 5.74) is 3.03. The van der Waals surface area contributed by atoms with Gasteiger partial charge >= 0.3 is 0 Å². The molecule has 30 heavy (non-hydrogen) atoms. The molecule has 5 nitrogen and oxygen atoms in total. The Hall–Kier alpha value is -2.54. The number of carbonyl (C=O) groups is 1. The van der Waals surface area contributed by atoms with Crippen LogP contribution < -0.4 is 9.62 Å². The largest absolute Gasteiger partial charge is 0.322 e. The van der Waals surface area contributed by atoms with Gasteiger partial charge in [0.15, 0.2) is 0 Å². The quantitative estimate of drug-likeness (QED) is 0.524. The van der Waals surface area contributed by atoms with Gasteiger partial charge in [0, 0.05) is 21.3 Å². The van der Waals surface area contributed by atoms with Gasteiger partial charge in [0.25, 0.3) is 5.91 Å². The fraction of sp³-hybridized carbons (Fsp3) is 0.136. The lowest BCUT2D eigenvalue weighted by atomic mass is 10.1. The van der Waals surface area contributed by atoms with Crippen molar-refractivity contribution in [3.63, 3.8) is 0 Å². The molecule has 156 valence electrons. The number of carbonyl (C=O) groups excluding carboxylic acids is 1. The second-order valence-electron chi connectivity index (χ2n) is 6.82. The van der Waals surface area contributed by atoms with Gasteiger partial charge in [-0.1, -0.05) is 41.4 Å². The molecule has 1 N–H and O–H groups in total. The van der Waals surface area contributed by atoms with Crippen molar-refractivity contribution in [2.45, 2.75) is 13.5 Å². The Balaban J connectivity index is 1.83. The second kappa shape index (κ2) is 9.08. The highest BCUT2D eigenvalue weighted by atomic mass is 35.5. The molecule has 0 fully saturated rings. The number of hydrogen-bond acceptors (Lipinski definition) is 3. The summed E-state index contributed by atoms with van der Waals surface area (Å²) in [6.07, 6.45) is 1.13. The molecule has 3 aromatic rings. The number of hydrogen-bond donors (Lipinski definition) is 1. The van der Waals surface area contributed by atoms with Crippen LogP contribution in [0.1, 0.15) is 21.5 Å². The Kier molecular flexibility index (Phi) is 6.71. The summed E-state index contributed by atoms with van der Waals surface area (Å²) in [6, 6.07) is 18.6. The molecule has 0 unspecified atom stereocenters. The number of sulfonamides is 1. The summed E-state index contributed by atoms with van der Waals surface area (Å²) >= 11 is 12.1. The zero-order valence-corrected chi connectivity index (χ0v) is 18.7. The molecule has 8 heteroatoms. The van der Waals surface area contributed by atoms with E-state index in [9.17, 15) is 13.2 Å². The standard InChI is InChI=1S/C22H20Cl2N2O3S/c1-15-13-18(23)9-12-21(15)25-22(27)16-7-10-19(11-8-16)26(30(2,28)29)14-17-5-3-4-6-20(17)24/h3-13H,14H2,1-2H3,(H,25,27). The topological polar surface area (TPSA) is 66.5 Å². The maximum Gasteiger partial charge on any atom is 0.255 e. The van der Waals surface area contributed by atoms with Crippen molar-refractivity contribution in [3.8, 4) is 0 Å². The molecule has 3 rings (SSSR count). The van der Waals surface area contributed by atoms with Crippen LogP contribution >= 0.6 is 23.2 Å². The van der Waals surface area contributed by atoms with Gasteiger partial charge in [0.2, 0.25) is 10.0 Å². The van der Waals surface area contributed by atoms with Gasteiger partial charge in [0.1, 0.15) is 0 Å². The molecule has 0 atom stereocenters.